The van der Waals surface area contributed by atoms with Gasteiger partial charge in [0.2, 0.25) is 0 Å². The maximum Gasteiger partial charge on any atom is 0.253 e. The fraction of sp³-hybridized carbons (Fsp3) is 0.154. The Morgan fingerprint density at radius 2 is 2.37 bits per heavy atom. The van der Waals surface area contributed by atoms with Gasteiger partial charge in [0.15, 0.2) is 0 Å². The van der Waals surface area contributed by atoms with Crippen LogP contribution < -0.4 is 11.1 Å². The van der Waals surface area contributed by atoms with E-state index in [0.717, 1.165) is 5.01 Å². The molecule has 19 heavy (non-hydrogen) atoms. The molecule has 5 nitrogen and oxygen atoms in total. The van der Waals surface area contributed by atoms with Crippen molar-refractivity contribution >= 4 is 17.2 Å². The minimum atomic E-state index is -0.195. The number of amides is 1. The van der Waals surface area contributed by atoms with Crippen molar-refractivity contribution in [2.45, 2.75) is 6.54 Å². The van der Waals surface area contributed by atoms with Crippen molar-refractivity contribution in [3.05, 3.63) is 46.2 Å². The number of carbonyl (C=O) groups is 1. The van der Waals surface area contributed by atoms with Crippen molar-refractivity contribution in [1.82, 2.24) is 15.3 Å². The summed E-state index contributed by atoms with van der Waals surface area (Å²) in [5.41, 5.74) is 6.39. The van der Waals surface area contributed by atoms with Gasteiger partial charge in [-0.1, -0.05) is 11.8 Å². The van der Waals surface area contributed by atoms with Crippen LogP contribution in [0.5, 0.6) is 0 Å². The van der Waals surface area contributed by atoms with Crippen LogP contribution in [-0.2, 0) is 6.54 Å². The molecule has 0 saturated heterocycles. The number of carbonyl (C=O) groups excluding carboxylic acids is 1. The van der Waals surface area contributed by atoms with Gasteiger partial charge in [0.05, 0.1) is 24.2 Å². The Balaban J connectivity index is 2.10. The van der Waals surface area contributed by atoms with Crippen LogP contribution in [0.3, 0.4) is 0 Å². The van der Waals surface area contributed by atoms with Crippen LogP contribution in [0.1, 0.15) is 20.9 Å². The molecule has 1 amide bonds. The Labute approximate surface area is 114 Å². The molecule has 0 spiro atoms. The summed E-state index contributed by atoms with van der Waals surface area (Å²) in [5.74, 6) is 5.36. The molecule has 0 aromatic carbocycles. The number of aromatic nitrogens is 2. The van der Waals surface area contributed by atoms with E-state index in [9.17, 15) is 4.79 Å². The number of pyridine rings is 1. The third kappa shape index (κ3) is 3.61. The first kappa shape index (κ1) is 13.2. The number of rotatable bonds is 3. The van der Waals surface area contributed by atoms with E-state index in [4.69, 9.17) is 5.73 Å². The van der Waals surface area contributed by atoms with E-state index in [0.29, 0.717) is 17.7 Å². The molecule has 0 unspecified atom stereocenters. The minimum Gasteiger partial charge on any atom is -0.345 e. The molecule has 2 heterocycles. The average molecular weight is 272 g/mol. The summed E-state index contributed by atoms with van der Waals surface area (Å²) in [7, 11) is 0. The van der Waals surface area contributed by atoms with Gasteiger partial charge in [0, 0.05) is 24.0 Å². The van der Waals surface area contributed by atoms with Crippen LogP contribution in [0.15, 0.2) is 30.0 Å². The van der Waals surface area contributed by atoms with Crippen LogP contribution in [0.25, 0.3) is 0 Å². The predicted octanol–water partition coefficient (Wildman–Crippen LogP) is 0.778. The van der Waals surface area contributed by atoms with Crippen LogP contribution in [-0.4, -0.2) is 22.4 Å². The summed E-state index contributed by atoms with van der Waals surface area (Å²) in [6, 6.07) is 1.64. The molecule has 0 bridgehead atoms. The van der Waals surface area contributed by atoms with Gasteiger partial charge < -0.3 is 11.1 Å². The third-order valence-corrected chi connectivity index (χ3v) is 3.05. The maximum absolute atomic E-state index is 12.1. The predicted molar refractivity (Wildman–Crippen MR) is 73.5 cm³/mol. The molecule has 0 aliphatic carbocycles. The Kier molecular flexibility index (Phi) is 4.61. The molecule has 0 fully saturated rings. The second-order valence-corrected chi connectivity index (χ2v) is 4.51. The average Bonchev–Trinajstić information content (AvgIpc) is 2.96. The monoisotopic (exact) mass is 272 g/mol. The number of thiazole rings is 1. The zero-order valence-corrected chi connectivity index (χ0v) is 10.9. The molecule has 0 aliphatic heterocycles. The first-order valence-corrected chi connectivity index (χ1v) is 6.48. The van der Waals surface area contributed by atoms with Crippen molar-refractivity contribution in [3.63, 3.8) is 0 Å². The van der Waals surface area contributed by atoms with Crippen molar-refractivity contribution in [1.29, 1.82) is 0 Å². The fourth-order valence-corrected chi connectivity index (χ4v) is 1.99. The zero-order valence-electron chi connectivity index (χ0n) is 10.1. The molecular weight excluding hydrogens is 260 g/mol. The van der Waals surface area contributed by atoms with Crippen LogP contribution >= 0.6 is 11.3 Å². The summed E-state index contributed by atoms with van der Waals surface area (Å²) < 4.78 is 0. The highest BCUT2D eigenvalue weighted by Gasteiger charge is 2.10. The molecule has 0 radical (unpaired) electrons. The van der Waals surface area contributed by atoms with Gasteiger partial charge >= 0.3 is 0 Å². The van der Waals surface area contributed by atoms with E-state index in [-0.39, 0.29) is 12.5 Å². The second-order valence-electron chi connectivity index (χ2n) is 3.54. The largest absolute Gasteiger partial charge is 0.345 e. The fourth-order valence-electron chi connectivity index (χ4n) is 1.43. The van der Waals surface area contributed by atoms with Crippen LogP contribution in [0.4, 0.5) is 0 Å². The molecule has 0 atom stereocenters. The molecular formula is C13H12N4OS. The summed E-state index contributed by atoms with van der Waals surface area (Å²) in [6.07, 6.45) is 4.82. The standard InChI is InChI=1S/C13H12N4OS/c14-4-1-2-10-8-15-5-3-11(10)13(18)17-9-12-16-6-7-19-12/h3,5-8H,4,9,14H2,(H,17,18). The van der Waals surface area contributed by atoms with E-state index >= 15 is 0 Å². The first-order chi connectivity index (χ1) is 9.31. The first-order valence-electron chi connectivity index (χ1n) is 5.61. The number of hydrogen-bond donors (Lipinski definition) is 2. The van der Waals surface area contributed by atoms with E-state index in [1.165, 1.54) is 11.3 Å². The van der Waals surface area contributed by atoms with Crippen LogP contribution in [0.2, 0.25) is 0 Å². The lowest BCUT2D eigenvalue weighted by molar-refractivity contribution is 0.0950. The second kappa shape index (κ2) is 6.64. The van der Waals surface area contributed by atoms with E-state index in [2.05, 4.69) is 27.1 Å². The lowest BCUT2D eigenvalue weighted by atomic mass is 10.1. The van der Waals surface area contributed by atoms with E-state index in [1.807, 2.05) is 5.38 Å². The van der Waals surface area contributed by atoms with Gasteiger partial charge in [-0.05, 0) is 6.07 Å². The van der Waals surface area contributed by atoms with Gasteiger partial charge in [-0.2, -0.15) is 0 Å². The molecule has 6 heteroatoms. The molecule has 2 rings (SSSR count). The lowest BCUT2D eigenvalue weighted by Gasteiger charge is -2.04. The maximum atomic E-state index is 12.1. The molecule has 2 aromatic heterocycles. The van der Waals surface area contributed by atoms with Gasteiger partial charge in [0.25, 0.3) is 5.91 Å². The van der Waals surface area contributed by atoms with Gasteiger partial charge in [-0.15, -0.1) is 11.3 Å². The molecule has 96 valence electrons. The SMILES string of the molecule is NCC#Cc1cnccc1C(=O)NCc1nccs1. The Morgan fingerprint density at radius 1 is 1.47 bits per heavy atom. The van der Waals surface area contributed by atoms with E-state index < -0.39 is 0 Å². The summed E-state index contributed by atoms with van der Waals surface area (Å²) in [5, 5.41) is 5.53. The third-order valence-electron chi connectivity index (χ3n) is 2.27. The topological polar surface area (TPSA) is 80.9 Å². The summed E-state index contributed by atoms with van der Waals surface area (Å²) in [6.45, 7) is 0.650. The van der Waals surface area contributed by atoms with E-state index in [1.54, 1.807) is 24.7 Å². The minimum absolute atomic E-state index is 0.195. The van der Waals surface area contributed by atoms with Gasteiger partial charge in [-0.3, -0.25) is 9.78 Å². The highest BCUT2D eigenvalue weighted by molar-refractivity contribution is 7.09. The van der Waals surface area contributed by atoms with Crippen molar-refractivity contribution < 1.29 is 4.79 Å². The smallest absolute Gasteiger partial charge is 0.253 e. The Morgan fingerprint density at radius 3 is 3.11 bits per heavy atom. The number of nitrogens with one attached hydrogen (secondary N) is 1. The van der Waals surface area contributed by atoms with Crippen LogP contribution in [0, 0.1) is 11.8 Å². The number of nitrogens with zero attached hydrogens (tertiary/aromatic N) is 2. The van der Waals surface area contributed by atoms with Crippen molar-refractivity contribution in [3.8, 4) is 11.8 Å². The van der Waals surface area contributed by atoms with Crippen molar-refractivity contribution in [2.75, 3.05) is 6.54 Å². The van der Waals surface area contributed by atoms with Gasteiger partial charge in [0.1, 0.15) is 5.01 Å². The molecule has 0 aliphatic rings. The number of hydrogen-bond acceptors (Lipinski definition) is 5. The normalized spacial score (nSPS) is 9.53. The Bertz CT molecular complexity index is 613. The zero-order chi connectivity index (χ0) is 13.5. The Hall–Kier alpha value is -2.23. The highest BCUT2D eigenvalue weighted by Crippen LogP contribution is 2.07. The highest BCUT2D eigenvalue weighted by atomic mass is 32.1. The number of nitrogens with two attached hydrogens (primary N) is 1. The lowest BCUT2D eigenvalue weighted by Crippen LogP contribution is -2.23. The van der Waals surface area contributed by atoms with Gasteiger partial charge in [-0.25, -0.2) is 4.98 Å². The quantitative estimate of drug-likeness (QED) is 0.809. The molecule has 0 saturated carbocycles. The molecule has 3 N–H and O–H groups in total. The summed E-state index contributed by atoms with van der Waals surface area (Å²) in [4.78, 5) is 20.1. The van der Waals surface area contributed by atoms with Crippen molar-refractivity contribution in [2.24, 2.45) is 5.73 Å². The summed E-state index contributed by atoms with van der Waals surface area (Å²) >= 11 is 1.50. The molecule has 2 aromatic rings.